The number of likely N-dealkylation sites (tertiary alicyclic amines) is 1. The number of hydrogen-bond acceptors (Lipinski definition) is 5. The van der Waals surface area contributed by atoms with Gasteiger partial charge in [0.25, 0.3) is 11.8 Å². The van der Waals surface area contributed by atoms with Crippen molar-refractivity contribution >= 4 is 29.4 Å². The number of rotatable bonds is 6. The molecule has 2 aliphatic rings. The van der Waals surface area contributed by atoms with E-state index >= 15 is 0 Å². The van der Waals surface area contributed by atoms with Gasteiger partial charge in [0.1, 0.15) is 23.1 Å². The highest BCUT2D eigenvalue weighted by Crippen LogP contribution is 2.41. The van der Waals surface area contributed by atoms with Crippen LogP contribution in [0, 0.1) is 11.7 Å². The van der Waals surface area contributed by atoms with Gasteiger partial charge in [0.05, 0.1) is 11.1 Å². The molecule has 0 radical (unpaired) electrons. The Bertz CT molecular complexity index is 1450. The van der Waals surface area contributed by atoms with E-state index in [4.69, 9.17) is 0 Å². The summed E-state index contributed by atoms with van der Waals surface area (Å²) in [6.07, 6.45) is -9.92. The first-order valence-corrected chi connectivity index (χ1v) is 13.3. The fraction of sp³-hybridized carbons (Fsp3) is 0.429. The zero-order valence-electron chi connectivity index (χ0n) is 23.6. The predicted molar refractivity (Wildman–Crippen MR) is 140 cm³/mol. The normalized spacial score (nSPS) is 17.8. The van der Waals surface area contributed by atoms with E-state index in [0.29, 0.717) is 18.2 Å². The van der Waals surface area contributed by atoms with Gasteiger partial charge in [-0.2, -0.15) is 13.2 Å². The molecular weight excluding hydrogens is 605 g/mol. The molecule has 1 atom stereocenters. The van der Waals surface area contributed by atoms with Crippen LogP contribution in [0.2, 0.25) is 0 Å². The summed E-state index contributed by atoms with van der Waals surface area (Å²) in [7, 11) is 1.25. The monoisotopic (exact) mass is 632 g/mol. The number of carbonyl (C=O) groups excluding carboxylic acids is 4. The van der Waals surface area contributed by atoms with Crippen LogP contribution in [-0.4, -0.2) is 71.6 Å². The maximum absolute atomic E-state index is 14.3. The molecule has 1 N–H and O–H groups in total. The minimum Gasteiger partial charge on any atom is -0.406 e. The first kappa shape index (κ1) is 32.5. The molecule has 2 aliphatic heterocycles. The Kier molecular flexibility index (Phi) is 8.59. The van der Waals surface area contributed by atoms with Crippen molar-refractivity contribution in [3.05, 3.63) is 59.4 Å². The van der Waals surface area contributed by atoms with Crippen LogP contribution in [0.25, 0.3) is 0 Å². The number of anilines is 1. The summed E-state index contributed by atoms with van der Waals surface area (Å²) in [5.74, 6) is -4.77. The lowest BCUT2D eigenvalue weighted by molar-refractivity contribution is -0.274. The lowest BCUT2D eigenvalue weighted by Gasteiger charge is -2.43. The smallest absolute Gasteiger partial charge is 0.406 e. The molecule has 238 valence electrons. The molecule has 0 aliphatic carbocycles. The van der Waals surface area contributed by atoms with Gasteiger partial charge in [-0.05, 0) is 61.2 Å². The van der Waals surface area contributed by atoms with Gasteiger partial charge in [-0.1, -0.05) is 13.8 Å². The number of ether oxygens (including phenoxy) is 1. The van der Waals surface area contributed by atoms with Gasteiger partial charge in [0, 0.05) is 25.8 Å². The van der Waals surface area contributed by atoms with Crippen molar-refractivity contribution in [2.45, 2.75) is 50.8 Å². The second kappa shape index (κ2) is 11.6. The van der Waals surface area contributed by atoms with Gasteiger partial charge in [-0.25, -0.2) is 9.18 Å². The summed E-state index contributed by atoms with van der Waals surface area (Å²) in [5.41, 5.74) is -3.48. The number of amides is 5. The van der Waals surface area contributed by atoms with Crippen LogP contribution in [0.3, 0.4) is 0 Å². The summed E-state index contributed by atoms with van der Waals surface area (Å²) in [6, 6.07) is 3.73. The molecule has 0 bridgehead atoms. The first-order valence-electron chi connectivity index (χ1n) is 13.3. The number of likely N-dealkylation sites (N-methyl/N-ethyl adjacent to an activating group) is 1. The Labute approximate surface area is 246 Å². The van der Waals surface area contributed by atoms with Crippen molar-refractivity contribution < 1.29 is 54.6 Å². The van der Waals surface area contributed by atoms with Crippen LogP contribution in [-0.2, 0) is 15.8 Å². The fourth-order valence-electron chi connectivity index (χ4n) is 5.32. The Hall–Kier alpha value is -4.37. The third-order valence-corrected chi connectivity index (χ3v) is 7.60. The molecule has 2 heterocycles. The van der Waals surface area contributed by atoms with Crippen molar-refractivity contribution in [2.24, 2.45) is 5.92 Å². The third-order valence-electron chi connectivity index (χ3n) is 7.60. The maximum atomic E-state index is 14.3. The quantitative estimate of drug-likeness (QED) is 0.359. The molecule has 0 saturated carbocycles. The van der Waals surface area contributed by atoms with E-state index in [1.807, 2.05) is 0 Å². The molecule has 2 saturated heterocycles. The van der Waals surface area contributed by atoms with Gasteiger partial charge in [0.15, 0.2) is 0 Å². The van der Waals surface area contributed by atoms with Crippen molar-refractivity contribution in [3.63, 3.8) is 0 Å². The van der Waals surface area contributed by atoms with Gasteiger partial charge >= 0.3 is 18.6 Å². The molecule has 2 fully saturated rings. The minimum absolute atomic E-state index is 0.0739. The first-order chi connectivity index (χ1) is 20.4. The summed E-state index contributed by atoms with van der Waals surface area (Å²) < 4.78 is 95.3. The number of hydrogen-bond donors (Lipinski definition) is 1. The van der Waals surface area contributed by atoms with Crippen molar-refractivity contribution in [3.8, 4) is 5.75 Å². The van der Waals surface area contributed by atoms with Crippen LogP contribution in [0.4, 0.5) is 41.2 Å². The predicted octanol–water partition coefficient (Wildman–Crippen LogP) is 4.96. The number of nitrogens with zero attached hydrogens (tertiary/aromatic N) is 3. The zero-order chi connectivity index (χ0) is 32.8. The fourth-order valence-corrected chi connectivity index (χ4v) is 5.32. The molecule has 5 amide bonds. The summed E-state index contributed by atoms with van der Waals surface area (Å²) >= 11 is 0. The molecule has 1 spiro atoms. The molecule has 4 rings (SSSR count). The number of alkyl halides is 6. The molecule has 16 heteroatoms. The standard InChI is InChI=1S/C28H27F7N4O5/c1-15(2)21(36-22(40)19-14-16(27(30,31)32)4-9-20(19)29)23(41)38-12-10-26(11-13-38)24(42)37(3)25(43)39(26)17-5-7-18(8-6-17)44-28(33,34)35/h4-9,14-15,21H,10-13H2,1-3H3,(H,36,40)/t21-/m1/s1. The van der Waals surface area contributed by atoms with Crippen LogP contribution >= 0.6 is 0 Å². The largest absolute Gasteiger partial charge is 0.573 e. The van der Waals surface area contributed by atoms with E-state index in [-0.39, 0.29) is 31.6 Å². The zero-order valence-corrected chi connectivity index (χ0v) is 23.6. The summed E-state index contributed by atoms with van der Waals surface area (Å²) in [4.78, 5) is 56.0. The van der Waals surface area contributed by atoms with Crippen molar-refractivity contribution in [1.82, 2.24) is 15.1 Å². The topological polar surface area (TPSA) is 99.3 Å². The van der Waals surface area contributed by atoms with E-state index in [1.165, 1.54) is 24.1 Å². The number of piperidine rings is 1. The van der Waals surface area contributed by atoms with Crippen LogP contribution in [0.1, 0.15) is 42.6 Å². The number of benzene rings is 2. The molecule has 2 aromatic rings. The molecular formula is C28H27F7N4O5. The van der Waals surface area contributed by atoms with Gasteiger partial charge in [-0.15, -0.1) is 13.2 Å². The summed E-state index contributed by atoms with van der Waals surface area (Å²) in [5, 5.41) is 2.32. The molecule has 0 unspecified atom stereocenters. The van der Waals surface area contributed by atoms with Gasteiger partial charge in [0.2, 0.25) is 5.91 Å². The van der Waals surface area contributed by atoms with Crippen LogP contribution in [0.15, 0.2) is 42.5 Å². The SMILES string of the molecule is CC(C)[C@@H](NC(=O)c1cc(C(F)(F)F)ccc1F)C(=O)N1CCC2(CC1)C(=O)N(C)C(=O)N2c1ccc(OC(F)(F)F)cc1. The number of nitrogens with one attached hydrogen (secondary N) is 1. The Morgan fingerprint density at radius 2 is 1.55 bits per heavy atom. The number of urea groups is 1. The van der Waals surface area contributed by atoms with E-state index in [1.54, 1.807) is 13.8 Å². The highest BCUT2D eigenvalue weighted by atomic mass is 19.4. The van der Waals surface area contributed by atoms with Gasteiger partial charge in [-0.3, -0.25) is 24.2 Å². The third kappa shape index (κ3) is 6.28. The van der Waals surface area contributed by atoms with Crippen molar-refractivity contribution in [2.75, 3.05) is 25.0 Å². The minimum atomic E-state index is -4.93. The maximum Gasteiger partial charge on any atom is 0.573 e. The molecule has 0 aromatic heterocycles. The second-order valence-electron chi connectivity index (χ2n) is 10.8. The molecule has 44 heavy (non-hydrogen) atoms. The highest BCUT2D eigenvalue weighted by molar-refractivity contribution is 6.16. The highest BCUT2D eigenvalue weighted by Gasteiger charge is 2.58. The Morgan fingerprint density at radius 1 is 0.955 bits per heavy atom. The average molecular weight is 633 g/mol. The lowest BCUT2D eigenvalue weighted by Crippen LogP contribution is -2.60. The summed E-state index contributed by atoms with van der Waals surface area (Å²) in [6.45, 7) is 2.96. The second-order valence-corrected chi connectivity index (χ2v) is 10.8. The number of imide groups is 1. The number of carbonyl (C=O) groups is 4. The van der Waals surface area contributed by atoms with E-state index in [9.17, 15) is 49.9 Å². The number of halogens is 7. The van der Waals surface area contributed by atoms with Gasteiger partial charge < -0.3 is 15.0 Å². The molecule has 2 aromatic carbocycles. The van der Waals surface area contributed by atoms with Crippen LogP contribution in [0.5, 0.6) is 5.75 Å². The van der Waals surface area contributed by atoms with E-state index in [0.717, 1.165) is 21.9 Å². The lowest BCUT2D eigenvalue weighted by atomic mass is 9.85. The average Bonchev–Trinajstić information content (AvgIpc) is 3.11. The van der Waals surface area contributed by atoms with E-state index in [2.05, 4.69) is 10.1 Å². The van der Waals surface area contributed by atoms with E-state index < -0.39 is 76.5 Å². The Balaban J connectivity index is 1.52. The Morgan fingerprint density at radius 3 is 2.07 bits per heavy atom. The molecule has 9 nitrogen and oxygen atoms in total. The van der Waals surface area contributed by atoms with Crippen molar-refractivity contribution in [1.29, 1.82) is 0 Å². The van der Waals surface area contributed by atoms with Crippen LogP contribution < -0.4 is 15.0 Å².